The van der Waals surface area contributed by atoms with Crippen molar-refractivity contribution in [1.29, 1.82) is 0 Å². The van der Waals surface area contributed by atoms with Crippen LogP contribution in [0, 0.1) is 0 Å². The van der Waals surface area contributed by atoms with Crippen molar-refractivity contribution in [3.8, 4) is 0 Å². The summed E-state index contributed by atoms with van der Waals surface area (Å²) in [6.45, 7) is 2.82. The molecule has 1 amide bonds. The molecule has 0 saturated carbocycles. The fourth-order valence-electron chi connectivity index (χ4n) is 2.29. The summed E-state index contributed by atoms with van der Waals surface area (Å²) in [6.07, 6.45) is 1.40. The van der Waals surface area contributed by atoms with Crippen LogP contribution in [0.25, 0.3) is 0 Å². The lowest BCUT2D eigenvalue weighted by atomic mass is 10.1. The number of nitrogens with two attached hydrogens (primary N) is 1. The van der Waals surface area contributed by atoms with E-state index in [2.05, 4.69) is 10.3 Å². The number of rotatable bonds is 4. The third kappa shape index (κ3) is 3.07. The number of likely N-dealkylation sites (tertiary alicyclic amines) is 1. The molecule has 1 aromatic rings. The molecule has 5 nitrogen and oxygen atoms in total. The summed E-state index contributed by atoms with van der Waals surface area (Å²) in [4.78, 5) is 13.8. The van der Waals surface area contributed by atoms with Gasteiger partial charge in [0.05, 0.1) is 6.10 Å². The van der Waals surface area contributed by atoms with Crippen LogP contribution in [0.2, 0.25) is 0 Å². The van der Waals surface area contributed by atoms with Gasteiger partial charge in [-0.25, -0.2) is 5.84 Å². The number of nitrogens with zero attached hydrogens (tertiary/aromatic N) is 1. The Labute approximate surface area is 107 Å². The second kappa shape index (κ2) is 5.95. The molecule has 1 atom stereocenters. The lowest BCUT2D eigenvalue weighted by molar-refractivity contribution is 0.0953. The molecule has 1 unspecified atom stereocenters. The van der Waals surface area contributed by atoms with Crippen molar-refractivity contribution in [3.63, 3.8) is 0 Å². The van der Waals surface area contributed by atoms with Gasteiger partial charge in [0.15, 0.2) is 0 Å². The number of methoxy groups -OCH3 is 1. The average molecular weight is 249 g/mol. The first-order chi connectivity index (χ1) is 8.72. The van der Waals surface area contributed by atoms with Crippen LogP contribution < -0.4 is 11.3 Å². The number of amides is 1. The van der Waals surface area contributed by atoms with Crippen LogP contribution in [-0.2, 0) is 11.3 Å². The van der Waals surface area contributed by atoms with Gasteiger partial charge in [0.1, 0.15) is 0 Å². The summed E-state index contributed by atoms with van der Waals surface area (Å²) >= 11 is 0. The first-order valence-electron chi connectivity index (χ1n) is 6.08. The van der Waals surface area contributed by atoms with E-state index in [1.165, 1.54) is 0 Å². The lowest BCUT2D eigenvalue weighted by Crippen LogP contribution is -2.30. The first kappa shape index (κ1) is 13.0. The molecule has 98 valence electrons. The zero-order chi connectivity index (χ0) is 13.0. The molecule has 3 N–H and O–H groups in total. The fourth-order valence-corrected chi connectivity index (χ4v) is 2.29. The van der Waals surface area contributed by atoms with E-state index in [0.29, 0.717) is 11.7 Å². The number of carbonyl (C=O) groups is 1. The predicted octanol–water partition coefficient (Wildman–Crippen LogP) is 0.511. The Morgan fingerprint density at radius 2 is 2.44 bits per heavy atom. The Bertz CT molecular complexity index is 422. The van der Waals surface area contributed by atoms with Crippen molar-refractivity contribution in [2.75, 3.05) is 20.2 Å². The number of ether oxygens (including phenoxy) is 1. The smallest absolute Gasteiger partial charge is 0.265 e. The zero-order valence-electron chi connectivity index (χ0n) is 10.6. The van der Waals surface area contributed by atoms with Crippen molar-refractivity contribution in [2.45, 2.75) is 19.1 Å². The third-order valence-corrected chi connectivity index (χ3v) is 3.29. The molecule has 0 aliphatic carbocycles. The molecule has 1 heterocycles. The van der Waals surface area contributed by atoms with Crippen molar-refractivity contribution in [1.82, 2.24) is 10.3 Å². The highest BCUT2D eigenvalue weighted by Gasteiger charge is 2.21. The summed E-state index contributed by atoms with van der Waals surface area (Å²) in [6, 6.07) is 7.53. The SMILES string of the molecule is COC1CCN(Cc2cccc(C(=O)NN)c2)C1. The molecule has 5 heteroatoms. The predicted molar refractivity (Wildman–Crippen MR) is 68.8 cm³/mol. The second-order valence-corrected chi connectivity index (χ2v) is 4.56. The number of nitrogen functional groups attached to an aromatic ring is 1. The van der Waals surface area contributed by atoms with Gasteiger partial charge in [0.2, 0.25) is 0 Å². The van der Waals surface area contributed by atoms with E-state index in [9.17, 15) is 4.79 Å². The highest BCUT2D eigenvalue weighted by molar-refractivity contribution is 5.93. The third-order valence-electron chi connectivity index (χ3n) is 3.29. The van der Waals surface area contributed by atoms with Crippen molar-refractivity contribution in [2.24, 2.45) is 5.84 Å². The van der Waals surface area contributed by atoms with Gasteiger partial charge < -0.3 is 4.74 Å². The van der Waals surface area contributed by atoms with Crippen molar-refractivity contribution >= 4 is 5.91 Å². The Kier molecular flexibility index (Phi) is 4.30. The molecule has 0 radical (unpaired) electrons. The molecular weight excluding hydrogens is 230 g/mol. The van der Waals surface area contributed by atoms with Crippen molar-refractivity contribution < 1.29 is 9.53 Å². The van der Waals surface area contributed by atoms with E-state index in [-0.39, 0.29) is 5.91 Å². The molecule has 18 heavy (non-hydrogen) atoms. The molecule has 1 fully saturated rings. The minimum Gasteiger partial charge on any atom is -0.380 e. The van der Waals surface area contributed by atoms with Crippen LogP contribution in [0.4, 0.5) is 0 Å². The van der Waals surface area contributed by atoms with E-state index in [1.807, 2.05) is 18.2 Å². The van der Waals surface area contributed by atoms with Gasteiger partial charge in [-0.1, -0.05) is 12.1 Å². The Balaban J connectivity index is 1.99. The van der Waals surface area contributed by atoms with E-state index < -0.39 is 0 Å². The quantitative estimate of drug-likeness (QED) is 0.463. The largest absolute Gasteiger partial charge is 0.380 e. The van der Waals surface area contributed by atoms with E-state index in [4.69, 9.17) is 10.6 Å². The van der Waals surface area contributed by atoms with Crippen LogP contribution in [0.5, 0.6) is 0 Å². The number of nitrogens with one attached hydrogen (secondary N) is 1. The Morgan fingerprint density at radius 1 is 1.61 bits per heavy atom. The standard InChI is InChI=1S/C13H19N3O2/c1-18-12-5-6-16(9-12)8-10-3-2-4-11(7-10)13(17)15-14/h2-4,7,12H,5-6,8-9,14H2,1H3,(H,15,17). The van der Waals surface area contributed by atoms with Crippen LogP contribution in [-0.4, -0.2) is 37.1 Å². The monoisotopic (exact) mass is 249 g/mol. The maximum atomic E-state index is 11.4. The highest BCUT2D eigenvalue weighted by atomic mass is 16.5. The van der Waals surface area contributed by atoms with Gasteiger partial charge in [-0.05, 0) is 24.1 Å². The molecule has 2 rings (SSSR count). The molecule has 0 aromatic heterocycles. The molecule has 0 bridgehead atoms. The highest BCUT2D eigenvalue weighted by Crippen LogP contribution is 2.16. The van der Waals surface area contributed by atoms with Crippen molar-refractivity contribution in [3.05, 3.63) is 35.4 Å². The summed E-state index contributed by atoms with van der Waals surface area (Å²) in [5.41, 5.74) is 3.86. The minimum absolute atomic E-state index is 0.256. The van der Waals surface area contributed by atoms with E-state index in [0.717, 1.165) is 31.6 Å². The zero-order valence-corrected chi connectivity index (χ0v) is 10.6. The number of benzene rings is 1. The maximum absolute atomic E-state index is 11.4. The average Bonchev–Trinajstić information content (AvgIpc) is 2.86. The van der Waals surface area contributed by atoms with E-state index in [1.54, 1.807) is 13.2 Å². The maximum Gasteiger partial charge on any atom is 0.265 e. The fraction of sp³-hybridized carbons (Fsp3) is 0.462. The molecule has 1 aromatic carbocycles. The number of hydrogen-bond donors (Lipinski definition) is 2. The molecule has 1 aliphatic heterocycles. The number of hydrogen-bond acceptors (Lipinski definition) is 4. The molecule has 1 saturated heterocycles. The van der Waals surface area contributed by atoms with Gasteiger partial charge in [0, 0.05) is 32.3 Å². The Hall–Kier alpha value is -1.43. The van der Waals surface area contributed by atoms with Gasteiger partial charge in [-0.3, -0.25) is 15.1 Å². The number of hydrazine groups is 1. The van der Waals surface area contributed by atoms with Crippen LogP contribution in [0.3, 0.4) is 0 Å². The minimum atomic E-state index is -0.256. The number of carbonyl (C=O) groups excluding carboxylic acids is 1. The van der Waals surface area contributed by atoms with E-state index >= 15 is 0 Å². The summed E-state index contributed by atoms with van der Waals surface area (Å²) < 4.78 is 5.34. The molecule has 0 spiro atoms. The van der Waals surface area contributed by atoms with Gasteiger partial charge in [-0.2, -0.15) is 0 Å². The summed E-state index contributed by atoms with van der Waals surface area (Å²) in [7, 11) is 1.75. The molecule has 1 aliphatic rings. The van der Waals surface area contributed by atoms with Gasteiger partial charge in [0.25, 0.3) is 5.91 Å². The Morgan fingerprint density at radius 3 is 3.11 bits per heavy atom. The van der Waals surface area contributed by atoms with Crippen LogP contribution >= 0.6 is 0 Å². The summed E-state index contributed by atoms with van der Waals surface area (Å²) in [5, 5.41) is 0. The van der Waals surface area contributed by atoms with Crippen LogP contribution in [0.15, 0.2) is 24.3 Å². The second-order valence-electron chi connectivity index (χ2n) is 4.56. The topological polar surface area (TPSA) is 67.6 Å². The first-order valence-corrected chi connectivity index (χ1v) is 6.08. The van der Waals surface area contributed by atoms with Crippen LogP contribution in [0.1, 0.15) is 22.3 Å². The molecular formula is C13H19N3O2. The normalized spacial score (nSPS) is 20.0. The van der Waals surface area contributed by atoms with Gasteiger partial charge >= 0.3 is 0 Å². The van der Waals surface area contributed by atoms with Gasteiger partial charge in [-0.15, -0.1) is 0 Å². The lowest BCUT2D eigenvalue weighted by Gasteiger charge is -2.16. The summed E-state index contributed by atoms with van der Waals surface area (Å²) in [5.74, 6) is 4.87.